The maximum absolute atomic E-state index is 6.29. The summed E-state index contributed by atoms with van der Waals surface area (Å²) in [4.78, 5) is 56.2. The third kappa shape index (κ3) is 12.9. The molecular weight excluding hydrogens is 1470 g/mol. The molecule has 9 aliphatic rings. The van der Waals surface area contributed by atoms with Crippen LogP contribution in [0.1, 0.15) is 33.4 Å². The Hall–Kier alpha value is -14.1. The number of benzene rings is 6. The highest BCUT2D eigenvalue weighted by Crippen LogP contribution is 2.44. The van der Waals surface area contributed by atoms with E-state index in [1.807, 2.05) is 94.6 Å². The Morgan fingerprint density at radius 1 is 0.435 bits per heavy atom. The van der Waals surface area contributed by atoms with Gasteiger partial charge in [0.1, 0.15) is 43.3 Å². The number of piperazine rings is 3. The first-order valence-electron chi connectivity index (χ1n) is 38.7. The molecule has 0 aliphatic carbocycles. The number of thiophene rings is 1. The number of aromatic nitrogens is 12. The van der Waals surface area contributed by atoms with Crippen LogP contribution < -0.4 is 59.6 Å². The Labute approximate surface area is 663 Å². The van der Waals surface area contributed by atoms with Crippen molar-refractivity contribution in [3.05, 3.63) is 240 Å². The number of anilines is 12. The van der Waals surface area contributed by atoms with E-state index in [4.69, 9.17) is 33.6 Å². The summed E-state index contributed by atoms with van der Waals surface area (Å²) in [6, 6.07) is 43.2. The minimum Gasteiger partial charge on any atom is -0.489 e. The predicted molar refractivity (Wildman–Crippen MR) is 449 cm³/mol. The fourth-order valence-corrected chi connectivity index (χ4v) is 17.7. The Morgan fingerprint density at radius 2 is 0.861 bits per heavy atom. The van der Waals surface area contributed by atoms with Crippen LogP contribution in [-0.4, -0.2) is 174 Å². The van der Waals surface area contributed by atoms with Crippen LogP contribution in [0.25, 0.3) is 50.7 Å². The Kier molecular flexibility index (Phi) is 16.7. The van der Waals surface area contributed by atoms with Gasteiger partial charge in [0, 0.05) is 203 Å². The minimum atomic E-state index is 0.257. The normalized spacial score (nSPS) is 17.7. The second-order valence-corrected chi connectivity index (χ2v) is 30.8. The largest absolute Gasteiger partial charge is 0.489 e. The van der Waals surface area contributed by atoms with Crippen molar-refractivity contribution in [2.75, 3.05) is 124 Å². The quantitative estimate of drug-likeness (QED) is 0.103. The molecule has 115 heavy (non-hydrogen) atoms. The van der Waals surface area contributed by atoms with Crippen LogP contribution in [0.2, 0.25) is 0 Å². The molecule has 570 valence electrons. The standard InChI is InChI=1S/C29H25N7O2.C29H25N7OS.C28H26N10O/c1-2-20-13-30-14-21(20)11-19(1)25-16-35-7-6-31-29(35)28(33-25)32-22-3-4-26-27(12-22)38-18-24-15-34(8-9-36(24)26)23-5-10-37-17-23;1-2-20-13-30-14-21(20)11-19(1)25-16-35-7-6-31-29(35)28(33-25)32-22-3-4-26-27(12-22)37-17-24-15-34(8-9-36(24)26)23-5-10-38-18-23;1-35-16-26(33-34-35)36-8-9-38-22(14-36)17-39-25-11-21(4-5-24(25)38)31-27-28-30-6-7-37(28)15-23(32-27)18-2-3-19-12-29-13-20(19)10-18/h1-7,10-13,16-17,24H,8-9,14-15,18H2,(H,32,33);1-7,10-13,16,18,24H,8-9,14-15,17H2,(H,32,33);2-7,10-12,15-16,22H,8-9,13-14,17H2,1H3,(H,31,32). The van der Waals surface area contributed by atoms with Gasteiger partial charge in [0.15, 0.2) is 40.2 Å². The number of aryl methyl sites for hydroxylation is 1. The average molecular weight is 1540 g/mol. The van der Waals surface area contributed by atoms with Crippen molar-refractivity contribution in [3.63, 3.8) is 0 Å². The van der Waals surface area contributed by atoms with Gasteiger partial charge in [-0.3, -0.25) is 19.7 Å². The maximum Gasteiger partial charge on any atom is 0.180 e. The van der Waals surface area contributed by atoms with Crippen LogP contribution in [0.3, 0.4) is 0 Å². The van der Waals surface area contributed by atoms with Gasteiger partial charge < -0.3 is 77.2 Å². The highest BCUT2D eigenvalue weighted by atomic mass is 32.1. The first-order chi connectivity index (χ1) is 56.7. The van der Waals surface area contributed by atoms with E-state index in [-0.39, 0.29) is 6.04 Å². The smallest absolute Gasteiger partial charge is 0.180 e. The van der Waals surface area contributed by atoms with Crippen molar-refractivity contribution in [2.45, 2.75) is 37.8 Å². The van der Waals surface area contributed by atoms with Gasteiger partial charge in [0.05, 0.1) is 90.1 Å². The lowest BCUT2D eigenvalue weighted by atomic mass is 10.0. The number of ether oxygens (including phenoxy) is 3. The molecule has 0 bridgehead atoms. The molecule has 24 rings (SSSR count). The molecule has 3 N–H and O–H groups in total. The molecule has 0 radical (unpaired) electrons. The van der Waals surface area contributed by atoms with E-state index < -0.39 is 0 Å². The number of hydrogen-bond acceptors (Lipinski definition) is 25. The van der Waals surface area contributed by atoms with E-state index in [0.717, 1.165) is 186 Å². The molecule has 3 saturated heterocycles. The first-order valence-corrected chi connectivity index (χ1v) is 39.7. The van der Waals surface area contributed by atoms with Crippen molar-refractivity contribution in [2.24, 2.45) is 22.0 Å². The summed E-state index contributed by atoms with van der Waals surface area (Å²) in [5.41, 5.74) is 23.9. The van der Waals surface area contributed by atoms with E-state index in [1.165, 1.54) is 39.1 Å². The number of aliphatic imine (C=N–C) groups is 3. The Bertz CT molecular complexity index is 6090. The van der Waals surface area contributed by atoms with E-state index in [1.54, 1.807) is 40.9 Å². The number of hydrogen-bond donors (Lipinski definition) is 3. The first kappa shape index (κ1) is 67.8. The molecule has 9 aliphatic heterocycles. The van der Waals surface area contributed by atoms with Gasteiger partial charge in [-0.25, -0.2) is 29.9 Å². The van der Waals surface area contributed by atoms with Gasteiger partial charge in [-0.05, 0) is 105 Å². The van der Waals surface area contributed by atoms with Crippen molar-refractivity contribution >= 4 is 116 Å². The maximum atomic E-state index is 6.29. The van der Waals surface area contributed by atoms with Gasteiger partial charge in [0.2, 0.25) is 0 Å². The highest BCUT2D eigenvalue weighted by molar-refractivity contribution is 7.08. The summed E-state index contributed by atoms with van der Waals surface area (Å²) in [7, 11) is 1.89. The fraction of sp³-hybridized carbons (Fsp3) is 0.221. The van der Waals surface area contributed by atoms with Crippen LogP contribution in [0.15, 0.2) is 226 Å². The molecule has 29 heteroatoms. The van der Waals surface area contributed by atoms with Gasteiger partial charge in [-0.2, -0.15) is 11.3 Å². The number of imidazole rings is 3. The summed E-state index contributed by atoms with van der Waals surface area (Å²) >= 11 is 1.75. The fourth-order valence-electron chi connectivity index (χ4n) is 17.1. The average Bonchev–Trinajstić information content (AvgIpc) is 1.78. The topological polar surface area (TPSA) is 255 Å². The molecule has 0 spiro atoms. The van der Waals surface area contributed by atoms with Crippen LogP contribution in [0.4, 0.5) is 68.8 Å². The lowest BCUT2D eigenvalue weighted by Crippen LogP contribution is -2.57. The van der Waals surface area contributed by atoms with E-state index in [9.17, 15) is 0 Å². The van der Waals surface area contributed by atoms with Gasteiger partial charge in [-0.15, -0.1) is 5.10 Å². The second kappa shape index (κ2) is 28.3. The van der Waals surface area contributed by atoms with Crippen LogP contribution in [0, 0.1) is 0 Å². The zero-order valence-corrected chi connectivity index (χ0v) is 63.4. The summed E-state index contributed by atoms with van der Waals surface area (Å²) in [6.07, 6.45) is 28.6. The molecule has 0 amide bonds. The van der Waals surface area contributed by atoms with E-state index in [2.05, 4.69) is 212 Å². The van der Waals surface area contributed by atoms with Crippen LogP contribution >= 0.6 is 11.3 Å². The van der Waals surface area contributed by atoms with Crippen LogP contribution in [0.5, 0.6) is 17.2 Å². The third-order valence-corrected chi connectivity index (χ3v) is 23.6. The number of fused-ring (bicyclic) bond motifs is 15. The van der Waals surface area contributed by atoms with Crippen molar-refractivity contribution in [1.29, 1.82) is 0 Å². The number of nitrogens with one attached hydrogen (secondary N) is 3. The molecule has 3 atom stereocenters. The number of nitrogens with zero attached hydrogens (tertiary/aromatic N) is 21. The molecule has 3 fully saturated rings. The SMILES string of the molecule is C1=NCc2cc(-c3cn4ccnc4c(Nc4ccc5c(c4)OCC4CN(c6ccoc6)CCN54)n3)ccc21.C1=NCc2cc(-c3cn4ccnc4c(Nc4ccc5c(c4)OCC4CN(c6ccsc6)CCN54)n3)ccc21.Cn1cc(N2CCN3c4ccc(Nc5nc(-c6ccc7c(c6)CN=C7)cn6ccnc56)cc4OCC3C2)nn1. The molecule has 15 aromatic rings. The Balaban J connectivity index is 0.000000105. The lowest BCUT2D eigenvalue weighted by Gasteiger charge is -2.46. The zero-order chi connectivity index (χ0) is 76.0. The van der Waals surface area contributed by atoms with Crippen molar-refractivity contribution < 1.29 is 18.6 Å². The lowest BCUT2D eigenvalue weighted by molar-refractivity contribution is 0.254. The second-order valence-electron chi connectivity index (χ2n) is 30.0. The summed E-state index contributed by atoms with van der Waals surface area (Å²) in [6.45, 7) is 12.5. The van der Waals surface area contributed by atoms with Gasteiger partial charge >= 0.3 is 0 Å². The molecule has 9 aromatic heterocycles. The summed E-state index contributed by atoms with van der Waals surface area (Å²) in [5, 5.41) is 23.3. The molecule has 18 heterocycles. The molecule has 3 unspecified atom stereocenters. The number of furan rings is 1. The monoisotopic (exact) mass is 1540 g/mol. The van der Waals surface area contributed by atoms with E-state index >= 15 is 0 Å². The van der Waals surface area contributed by atoms with Gasteiger partial charge in [-0.1, -0.05) is 41.6 Å². The summed E-state index contributed by atoms with van der Waals surface area (Å²) in [5.74, 6) is 5.69. The van der Waals surface area contributed by atoms with E-state index in [0.29, 0.717) is 55.9 Å². The predicted octanol–water partition coefficient (Wildman–Crippen LogP) is 13.3. The Morgan fingerprint density at radius 3 is 1.26 bits per heavy atom. The molecule has 0 saturated carbocycles. The molecule has 28 nitrogen and oxygen atoms in total. The van der Waals surface area contributed by atoms with Crippen molar-refractivity contribution in [1.82, 2.24) is 58.1 Å². The van der Waals surface area contributed by atoms with Crippen LogP contribution in [-0.2, 0) is 26.7 Å². The van der Waals surface area contributed by atoms with Gasteiger partial charge in [0.25, 0.3) is 0 Å². The third-order valence-electron chi connectivity index (χ3n) is 22.9. The molecular formula is C86H76N24O4S. The minimum absolute atomic E-state index is 0.257. The van der Waals surface area contributed by atoms with Crippen molar-refractivity contribution in [3.8, 4) is 51.0 Å². The number of rotatable bonds is 12. The zero-order valence-electron chi connectivity index (χ0n) is 62.6. The highest BCUT2D eigenvalue weighted by Gasteiger charge is 2.37. The molecule has 6 aromatic carbocycles. The summed E-state index contributed by atoms with van der Waals surface area (Å²) < 4.78 is 31.9.